The van der Waals surface area contributed by atoms with Crippen molar-refractivity contribution in [2.45, 2.75) is 63.8 Å². The summed E-state index contributed by atoms with van der Waals surface area (Å²) < 4.78 is 11.6. The summed E-state index contributed by atoms with van der Waals surface area (Å²) in [6.07, 6.45) is 4.17. The molecule has 0 aliphatic carbocycles. The van der Waals surface area contributed by atoms with Crippen LogP contribution in [0.25, 0.3) is 10.2 Å². The van der Waals surface area contributed by atoms with Gasteiger partial charge in [0.1, 0.15) is 10.6 Å². The maximum atomic E-state index is 6.19. The Kier molecular flexibility index (Phi) is 7.52. The van der Waals surface area contributed by atoms with E-state index in [4.69, 9.17) is 19.4 Å². The fourth-order valence-corrected chi connectivity index (χ4v) is 5.86. The van der Waals surface area contributed by atoms with E-state index in [1.54, 1.807) is 23.1 Å². The standard InChI is InChI=1S/C22H34N4O2S2/c1-4-13-29-21-24-19(23-7-6-8-26-9-11-27-12-10-26)18-16-14-22(3,5-2)28-15-17(16)30-20(18)25-21/h4-15H2,1-3H3,(H,23,24,25)/t22-/m1/s1. The number of thiophene rings is 1. The average Bonchev–Trinajstić information content (AvgIpc) is 3.13. The summed E-state index contributed by atoms with van der Waals surface area (Å²) in [4.78, 5) is 14.8. The van der Waals surface area contributed by atoms with Gasteiger partial charge in [0.2, 0.25) is 0 Å². The molecule has 2 aromatic rings. The van der Waals surface area contributed by atoms with Crippen molar-refractivity contribution in [2.24, 2.45) is 0 Å². The fraction of sp³-hybridized carbons (Fsp3) is 0.727. The molecule has 0 saturated carbocycles. The zero-order valence-electron chi connectivity index (χ0n) is 18.5. The van der Waals surface area contributed by atoms with Crippen molar-refractivity contribution in [3.8, 4) is 0 Å². The Bertz CT molecular complexity index is 853. The summed E-state index contributed by atoms with van der Waals surface area (Å²) in [6, 6.07) is 0. The first-order chi connectivity index (χ1) is 14.6. The largest absolute Gasteiger partial charge is 0.379 e. The molecule has 8 heteroatoms. The first kappa shape index (κ1) is 22.3. The Morgan fingerprint density at radius 1 is 1.23 bits per heavy atom. The first-order valence-electron chi connectivity index (χ1n) is 11.2. The Hall–Kier alpha value is -0.930. The molecule has 4 heterocycles. The van der Waals surface area contributed by atoms with Gasteiger partial charge in [-0.3, -0.25) is 4.90 Å². The van der Waals surface area contributed by atoms with Crippen LogP contribution in [0.3, 0.4) is 0 Å². The second-order valence-corrected chi connectivity index (χ2v) is 10.5. The zero-order chi connectivity index (χ0) is 21.0. The lowest BCUT2D eigenvalue weighted by Gasteiger charge is -2.33. The number of thioether (sulfide) groups is 1. The van der Waals surface area contributed by atoms with Gasteiger partial charge in [-0.1, -0.05) is 25.6 Å². The Morgan fingerprint density at radius 2 is 2.07 bits per heavy atom. The molecule has 1 fully saturated rings. The summed E-state index contributed by atoms with van der Waals surface area (Å²) in [5, 5.41) is 5.78. The van der Waals surface area contributed by atoms with Crippen molar-refractivity contribution in [3.63, 3.8) is 0 Å². The molecular weight excluding hydrogens is 416 g/mol. The predicted molar refractivity (Wildman–Crippen MR) is 126 cm³/mol. The third-order valence-corrected chi connectivity index (χ3v) is 8.20. The molecule has 30 heavy (non-hydrogen) atoms. The van der Waals surface area contributed by atoms with Crippen molar-refractivity contribution in [1.29, 1.82) is 0 Å². The van der Waals surface area contributed by atoms with Crippen molar-refractivity contribution in [3.05, 3.63) is 10.4 Å². The van der Waals surface area contributed by atoms with Gasteiger partial charge in [0, 0.05) is 36.7 Å². The monoisotopic (exact) mass is 450 g/mol. The highest BCUT2D eigenvalue weighted by molar-refractivity contribution is 7.99. The normalized spacial score (nSPS) is 22.4. The highest BCUT2D eigenvalue weighted by atomic mass is 32.2. The lowest BCUT2D eigenvalue weighted by Crippen LogP contribution is -2.37. The van der Waals surface area contributed by atoms with Gasteiger partial charge in [-0.2, -0.15) is 0 Å². The third-order valence-electron chi connectivity index (χ3n) is 6.05. The Morgan fingerprint density at radius 3 is 2.83 bits per heavy atom. The van der Waals surface area contributed by atoms with E-state index in [0.29, 0.717) is 6.61 Å². The number of nitrogens with one attached hydrogen (secondary N) is 1. The van der Waals surface area contributed by atoms with Gasteiger partial charge >= 0.3 is 0 Å². The molecule has 0 bridgehead atoms. The molecule has 0 spiro atoms. The smallest absolute Gasteiger partial charge is 0.190 e. The van der Waals surface area contributed by atoms with Crippen LogP contribution in [0.4, 0.5) is 5.82 Å². The van der Waals surface area contributed by atoms with E-state index in [1.165, 1.54) is 15.8 Å². The van der Waals surface area contributed by atoms with Gasteiger partial charge in [-0.25, -0.2) is 9.97 Å². The molecule has 1 N–H and O–H groups in total. The summed E-state index contributed by atoms with van der Waals surface area (Å²) >= 11 is 3.54. The molecule has 2 aliphatic heterocycles. The second kappa shape index (κ2) is 10.1. The molecule has 166 valence electrons. The molecule has 2 aromatic heterocycles. The Labute approximate surface area is 188 Å². The summed E-state index contributed by atoms with van der Waals surface area (Å²) in [6.45, 7) is 13.2. The van der Waals surface area contributed by atoms with E-state index in [0.717, 1.165) is 86.6 Å². The minimum absolute atomic E-state index is 0.0930. The number of ether oxygens (including phenoxy) is 2. The van der Waals surface area contributed by atoms with Gasteiger partial charge in [0.15, 0.2) is 5.16 Å². The summed E-state index contributed by atoms with van der Waals surface area (Å²) in [5.74, 6) is 2.06. The van der Waals surface area contributed by atoms with Gasteiger partial charge < -0.3 is 14.8 Å². The average molecular weight is 451 g/mol. The van der Waals surface area contributed by atoms with E-state index in [9.17, 15) is 0 Å². The van der Waals surface area contributed by atoms with E-state index in [1.807, 2.05) is 0 Å². The molecule has 1 atom stereocenters. The highest BCUT2D eigenvalue weighted by Gasteiger charge is 2.33. The topological polar surface area (TPSA) is 59.5 Å². The van der Waals surface area contributed by atoms with E-state index < -0.39 is 0 Å². The van der Waals surface area contributed by atoms with Crippen LogP contribution in [0.5, 0.6) is 0 Å². The molecule has 1 saturated heterocycles. The van der Waals surface area contributed by atoms with Gasteiger partial charge in [-0.05, 0) is 38.3 Å². The van der Waals surface area contributed by atoms with Crippen molar-refractivity contribution in [2.75, 3.05) is 50.5 Å². The summed E-state index contributed by atoms with van der Waals surface area (Å²) in [5.41, 5.74) is 1.30. The number of anilines is 1. The maximum absolute atomic E-state index is 6.19. The number of nitrogens with zero attached hydrogens (tertiary/aromatic N) is 3. The van der Waals surface area contributed by atoms with Crippen LogP contribution in [-0.4, -0.2) is 65.6 Å². The quantitative estimate of drug-likeness (QED) is 0.341. The lowest BCUT2D eigenvalue weighted by atomic mass is 9.90. The lowest BCUT2D eigenvalue weighted by molar-refractivity contribution is -0.0542. The second-order valence-electron chi connectivity index (χ2n) is 8.39. The van der Waals surface area contributed by atoms with Crippen LogP contribution in [0.15, 0.2) is 5.16 Å². The van der Waals surface area contributed by atoms with E-state index in [2.05, 4.69) is 31.0 Å². The summed E-state index contributed by atoms with van der Waals surface area (Å²) in [7, 11) is 0. The maximum Gasteiger partial charge on any atom is 0.190 e. The minimum Gasteiger partial charge on any atom is -0.379 e. The predicted octanol–water partition coefficient (Wildman–Crippen LogP) is 4.57. The van der Waals surface area contributed by atoms with Crippen LogP contribution in [0.1, 0.15) is 50.5 Å². The molecular formula is C22H34N4O2S2. The van der Waals surface area contributed by atoms with Crippen LogP contribution >= 0.6 is 23.1 Å². The number of aromatic nitrogens is 2. The number of hydrogen-bond donors (Lipinski definition) is 1. The number of rotatable bonds is 9. The SMILES string of the molecule is CCCSc1nc(NCCCN2CCOCC2)c2c3c(sc2n1)CO[C@](C)(CC)C3. The van der Waals surface area contributed by atoms with E-state index in [-0.39, 0.29) is 5.60 Å². The van der Waals surface area contributed by atoms with E-state index >= 15 is 0 Å². The molecule has 0 radical (unpaired) electrons. The van der Waals surface area contributed by atoms with Gasteiger partial charge in [0.25, 0.3) is 0 Å². The zero-order valence-corrected chi connectivity index (χ0v) is 20.1. The highest BCUT2D eigenvalue weighted by Crippen LogP contribution is 2.42. The van der Waals surface area contributed by atoms with Crippen LogP contribution in [-0.2, 0) is 22.5 Å². The number of fused-ring (bicyclic) bond motifs is 3. The number of morpholine rings is 1. The van der Waals surface area contributed by atoms with Crippen molar-refractivity contribution < 1.29 is 9.47 Å². The molecule has 0 unspecified atom stereocenters. The Balaban J connectivity index is 1.54. The van der Waals surface area contributed by atoms with Crippen molar-refractivity contribution in [1.82, 2.24) is 14.9 Å². The van der Waals surface area contributed by atoms with Crippen LogP contribution in [0.2, 0.25) is 0 Å². The van der Waals surface area contributed by atoms with Crippen LogP contribution < -0.4 is 5.32 Å². The molecule has 2 aliphatic rings. The first-order valence-corrected chi connectivity index (χ1v) is 13.0. The molecule has 0 aromatic carbocycles. The molecule has 0 amide bonds. The van der Waals surface area contributed by atoms with Gasteiger partial charge in [0.05, 0.1) is 30.8 Å². The fourth-order valence-electron chi connectivity index (χ4n) is 4.00. The minimum atomic E-state index is -0.0930. The molecule has 6 nitrogen and oxygen atoms in total. The van der Waals surface area contributed by atoms with Crippen molar-refractivity contribution >= 4 is 39.1 Å². The third kappa shape index (κ3) is 5.10. The molecule has 4 rings (SSSR count). The number of hydrogen-bond acceptors (Lipinski definition) is 8. The van der Waals surface area contributed by atoms with Crippen LogP contribution in [0, 0.1) is 0 Å². The van der Waals surface area contributed by atoms with Gasteiger partial charge in [-0.15, -0.1) is 11.3 Å².